The molecule has 1 atom stereocenters. The Bertz CT molecular complexity index is 157. The highest BCUT2D eigenvalue weighted by Crippen LogP contribution is 2.01. The summed E-state index contributed by atoms with van der Waals surface area (Å²) in [6.07, 6.45) is 6.14. The number of aliphatic carboxylic acids is 1. The van der Waals surface area contributed by atoms with Gasteiger partial charge in [0, 0.05) is 6.42 Å². The molecular formula is C8H12O3. The summed E-state index contributed by atoms with van der Waals surface area (Å²) in [6.45, 7) is 1.64. The van der Waals surface area contributed by atoms with Gasteiger partial charge in [0.2, 0.25) is 0 Å². The van der Waals surface area contributed by atoms with Crippen LogP contribution in [0.5, 0.6) is 0 Å². The normalized spacial score (nSPS) is 12.0. The highest BCUT2D eigenvalue weighted by Gasteiger charge is 2.06. The van der Waals surface area contributed by atoms with Gasteiger partial charge in [-0.15, -0.1) is 12.3 Å². The molecule has 0 amide bonds. The van der Waals surface area contributed by atoms with Crippen LogP contribution in [0.3, 0.4) is 0 Å². The largest absolute Gasteiger partial charge is 0.480 e. The van der Waals surface area contributed by atoms with Crippen molar-refractivity contribution in [1.82, 2.24) is 0 Å². The van der Waals surface area contributed by atoms with Crippen molar-refractivity contribution in [3.8, 4) is 12.3 Å². The van der Waals surface area contributed by atoms with Gasteiger partial charge in [0.15, 0.2) is 0 Å². The third-order valence-electron chi connectivity index (χ3n) is 1.24. The first-order valence-electron chi connectivity index (χ1n) is 3.47. The van der Waals surface area contributed by atoms with E-state index in [9.17, 15) is 4.79 Å². The van der Waals surface area contributed by atoms with Crippen LogP contribution >= 0.6 is 0 Å². The van der Waals surface area contributed by atoms with Gasteiger partial charge in [0.25, 0.3) is 0 Å². The second kappa shape index (κ2) is 5.75. The molecule has 0 saturated heterocycles. The van der Waals surface area contributed by atoms with Crippen LogP contribution in [0.1, 0.15) is 19.8 Å². The molecule has 0 saturated carbocycles. The molecule has 1 unspecified atom stereocenters. The fourth-order valence-electron chi connectivity index (χ4n) is 0.642. The Kier molecular flexibility index (Phi) is 5.22. The Morgan fingerprint density at radius 2 is 2.45 bits per heavy atom. The zero-order valence-corrected chi connectivity index (χ0v) is 6.54. The lowest BCUT2D eigenvalue weighted by molar-refractivity contribution is -0.144. The molecule has 0 fully saturated rings. The summed E-state index contributed by atoms with van der Waals surface area (Å²) < 4.78 is 4.95. The predicted octanol–water partition coefficient (Wildman–Crippen LogP) is 0.889. The average Bonchev–Trinajstić information content (AvgIpc) is 1.97. The molecule has 62 valence electrons. The highest BCUT2D eigenvalue weighted by atomic mass is 16.5. The number of ether oxygens (including phenoxy) is 1. The van der Waals surface area contributed by atoms with Gasteiger partial charge < -0.3 is 9.84 Å². The third-order valence-corrected chi connectivity index (χ3v) is 1.24. The predicted molar refractivity (Wildman–Crippen MR) is 41.1 cm³/mol. The SMILES string of the molecule is C#CCC(CC)OCC(=O)O. The Morgan fingerprint density at radius 1 is 1.82 bits per heavy atom. The zero-order valence-electron chi connectivity index (χ0n) is 6.54. The molecule has 0 rings (SSSR count). The van der Waals surface area contributed by atoms with Crippen LogP contribution < -0.4 is 0 Å². The first-order chi connectivity index (χ1) is 5.20. The summed E-state index contributed by atoms with van der Waals surface area (Å²) >= 11 is 0. The molecule has 0 aliphatic heterocycles. The maximum atomic E-state index is 10.0. The van der Waals surface area contributed by atoms with Crippen molar-refractivity contribution in [2.75, 3.05) is 6.61 Å². The van der Waals surface area contributed by atoms with E-state index in [4.69, 9.17) is 16.3 Å². The van der Waals surface area contributed by atoms with E-state index in [-0.39, 0.29) is 12.7 Å². The minimum absolute atomic E-state index is 0.115. The van der Waals surface area contributed by atoms with E-state index in [0.29, 0.717) is 6.42 Å². The van der Waals surface area contributed by atoms with E-state index in [1.807, 2.05) is 6.92 Å². The molecule has 0 aromatic carbocycles. The first kappa shape index (κ1) is 9.99. The van der Waals surface area contributed by atoms with Crippen molar-refractivity contribution in [3.63, 3.8) is 0 Å². The number of rotatable bonds is 5. The van der Waals surface area contributed by atoms with Crippen molar-refractivity contribution in [2.24, 2.45) is 0 Å². The second-order valence-corrected chi connectivity index (χ2v) is 2.14. The van der Waals surface area contributed by atoms with Gasteiger partial charge in [-0.3, -0.25) is 0 Å². The van der Waals surface area contributed by atoms with E-state index in [1.165, 1.54) is 0 Å². The van der Waals surface area contributed by atoms with Gasteiger partial charge in [0.05, 0.1) is 6.10 Å². The number of carboxylic acid groups (broad SMARTS) is 1. The molecule has 0 bridgehead atoms. The monoisotopic (exact) mass is 156 g/mol. The Balaban J connectivity index is 3.53. The summed E-state index contributed by atoms with van der Waals surface area (Å²) in [5, 5.41) is 8.25. The number of carbonyl (C=O) groups is 1. The van der Waals surface area contributed by atoms with E-state index >= 15 is 0 Å². The molecule has 0 spiro atoms. The van der Waals surface area contributed by atoms with E-state index in [1.54, 1.807) is 0 Å². The molecular weight excluding hydrogens is 144 g/mol. The minimum atomic E-state index is -0.958. The number of terminal acetylenes is 1. The van der Waals surface area contributed by atoms with E-state index in [2.05, 4.69) is 5.92 Å². The fraction of sp³-hybridized carbons (Fsp3) is 0.625. The summed E-state index contributed by atoms with van der Waals surface area (Å²) in [5.74, 6) is 1.47. The summed E-state index contributed by atoms with van der Waals surface area (Å²) in [6, 6.07) is 0. The number of hydrogen-bond acceptors (Lipinski definition) is 2. The summed E-state index contributed by atoms with van der Waals surface area (Å²) in [7, 11) is 0. The van der Waals surface area contributed by atoms with Crippen molar-refractivity contribution >= 4 is 5.97 Å². The average molecular weight is 156 g/mol. The fourth-order valence-corrected chi connectivity index (χ4v) is 0.642. The van der Waals surface area contributed by atoms with Gasteiger partial charge in [0.1, 0.15) is 6.61 Å². The van der Waals surface area contributed by atoms with E-state index in [0.717, 1.165) is 6.42 Å². The standard InChI is InChI=1S/C8H12O3/c1-3-5-7(4-2)11-6-8(9)10/h1,7H,4-6H2,2H3,(H,9,10). The van der Waals surface area contributed by atoms with Crippen LogP contribution in [-0.2, 0) is 9.53 Å². The number of hydrogen-bond donors (Lipinski definition) is 1. The van der Waals surface area contributed by atoms with Crippen LogP contribution in [0, 0.1) is 12.3 Å². The molecule has 0 aromatic heterocycles. The Morgan fingerprint density at radius 3 is 2.82 bits per heavy atom. The molecule has 3 heteroatoms. The molecule has 1 N–H and O–H groups in total. The quantitative estimate of drug-likeness (QED) is 0.601. The van der Waals surface area contributed by atoms with Crippen LogP contribution in [-0.4, -0.2) is 23.8 Å². The molecule has 0 radical (unpaired) electrons. The van der Waals surface area contributed by atoms with Gasteiger partial charge >= 0.3 is 5.97 Å². The topological polar surface area (TPSA) is 46.5 Å². The highest BCUT2D eigenvalue weighted by molar-refractivity contribution is 5.68. The van der Waals surface area contributed by atoms with Gasteiger partial charge in [-0.25, -0.2) is 4.79 Å². The van der Waals surface area contributed by atoms with Crippen molar-refractivity contribution < 1.29 is 14.6 Å². The Labute approximate surface area is 66.4 Å². The summed E-state index contributed by atoms with van der Waals surface area (Å²) in [5.41, 5.74) is 0. The number of carboxylic acids is 1. The smallest absolute Gasteiger partial charge is 0.329 e. The Hall–Kier alpha value is -1.01. The molecule has 0 heterocycles. The lowest BCUT2D eigenvalue weighted by Crippen LogP contribution is -2.16. The van der Waals surface area contributed by atoms with Gasteiger partial charge in [-0.2, -0.15) is 0 Å². The third kappa shape index (κ3) is 5.43. The molecule has 0 aromatic rings. The maximum Gasteiger partial charge on any atom is 0.329 e. The first-order valence-corrected chi connectivity index (χ1v) is 3.47. The molecule has 3 nitrogen and oxygen atoms in total. The van der Waals surface area contributed by atoms with Crippen LogP contribution in [0.2, 0.25) is 0 Å². The lowest BCUT2D eigenvalue weighted by atomic mass is 10.2. The molecule has 11 heavy (non-hydrogen) atoms. The van der Waals surface area contributed by atoms with Crippen LogP contribution in [0.4, 0.5) is 0 Å². The van der Waals surface area contributed by atoms with E-state index < -0.39 is 5.97 Å². The van der Waals surface area contributed by atoms with Crippen LogP contribution in [0.15, 0.2) is 0 Å². The van der Waals surface area contributed by atoms with Gasteiger partial charge in [-0.1, -0.05) is 6.92 Å². The molecule has 0 aliphatic rings. The van der Waals surface area contributed by atoms with Crippen LogP contribution in [0.25, 0.3) is 0 Å². The lowest BCUT2D eigenvalue weighted by Gasteiger charge is -2.10. The van der Waals surface area contributed by atoms with Crippen molar-refractivity contribution in [1.29, 1.82) is 0 Å². The second-order valence-electron chi connectivity index (χ2n) is 2.14. The zero-order chi connectivity index (χ0) is 8.69. The summed E-state index contributed by atoms with van der Waals surface area (Å²) in [4.78, 5) is 10.0. The minimum Gasteiger partial charge on any atom is -0.480 e. The maximum absolute atomic E-state index is 10.0. The molecule has 0 aliphatic carbocycles. The van der Waals surface area contributed by atoms with Crippen molar-refractivity contribution in [3.05, 3.63) is 0 Å². The van der Waals surface area contributed by atoms with Gasteiger partial charge in [-0.05, 0) is 6.42 Å². The van der Waals surface area contributed by atoms with Crippen molar-refractivity contribution in [2.45, 2.75) is 25.9 Å².